The number of aliphatic carboxylic acids is 1. The quantitative estimate of drug-likeness (QED) is 0.433. The van der Waals surface area contributed by atoms with Crippen LogP contribution in [-0.4, -0.2) is 81.6 Å². The second kappa shape index (κ2) is 10.1. The predicted octanol–water partition coefficient (Wildman–Crippen LogP) is 0.961. The maximum absolute atomic E-state index is 12.8. The summed E-state index contributed by atoms with van der Waals surface area (Å²) in [7, 11) is 0. The molecule has 0 bridgehead atoms. The van der Waals surface area contributed by atoms with Gasteiger partial charge < -0.3 is 25.2 Å². The van der Waals surface area contributed by atoms with Gasteiger partial charge in [0.05, 0.1) is 6.61 Å². The normalized spacial score (nSPS) is 18.9. The van der Waals surface area contributed by atoms with Crippen molar-refractivity contribution < 1.29 is 29.3 Å². The van der Waals surface area contributed by atoms with Crippen molar-refractivity contribution in [2.45, 2.75) is 38.8 Å². The van der Waals surface area contributed by atoms with Crippen LogP contribution in [0.3, 0.4) is 0 Å². The van der Waals surface area contributed by atoms with Crippen LogP contribution in [-0.2, 0) is 20.9 Å². The molecule has 0 unspecified atom stereocenters. The van der Waals surface area contributed by atoms with Crippen molar-refractivity contribution in [3.8, 4) is 5.75 Å². The molecule has 1 fully saturated rings. The van der Waals surface area contributed by atoms with E-state index in [-0.39, 0.29) is 54.3 Å². The summed E-state index contributed by atoms with van der Waals surface area (Å²) >= 11 is 0. The number of carboxylic acids is 1. The Labute approximate surface area is 191 Å². The summed E-state index contributed by atoms with van der Waals surface area (Å²) in [5, 5.41) is 20.9. The number of amides is 2. The maximum atomic E-state index is 12.8. The van der Waals surface area contributed by atoms with Gasteiger partial charge in [-0.15, -0.1) is 0 Å². The van der Waals surface area contributed by atoms with Gasteiger partial charge in [0, 0.05) is 19.0 Å². The molecule has 1 saturated carbocycles. The number of carbonyl (C=O) groups is 3. The van der Waals surface area contributed by atoms with Gasteiger partial charge in [0.2, 0.25) is 0 Å². The molecule has 0 saturated heterocycles. The number of rotatable bonds is 8. The summed E-state index contributed by atoms with van der Waals surface area (Å²) in [5.41, 5.74) is 0.467. The molecule has 2 aliphatic rings. The SMILES string of the molecule is C[C@H]1CC(O)=C(C(=O)NCC(=O)O)C(=O)N1Cc1ccc(OCC2CC2)cc1.[NaH]. The minimum atomic E-state index is -1.23. The average Bonchev–Trinajstić information content (AvgIpc) is 3.47. The van der Waals surface area contributed by atoms with E-state index in [1.54, 1.807) is 6.92 Å². The number of hydrogen-bond donors (Lipinski definition) is 3. The summed E-state index contributed by atoms with van der Waals surface area (Å²) < 4.78 is 5.70. The molecule has 0 aromatic heterocycles. The van der Waals surface area contributed by atoms with Crippen molar-refractivity contribution in [3.05, 3.63) is 41.2 Å². The van der Waals surface area contributed by atoms with Crippen molar-refractivity contribution >= 4 is 47.3 Å². The number of benzene rings is 1. The van der Waals surface area contributed by atoms with Gasteiger partial charge in [-0.25, -0.2) is 0 Å². The van der Waals surface area contributed by atoms with Crippen molar-refractivity contribution in [2.75, 3.05) is 13.2 Å². The summed E-state index contributed by atoms with van der Waals surface area (Å²) in [4.78, 5) is 37.0. The van der Waals surface area contributed by atoms with Crippen molar-refractivity contribution in [1.29, 1.82) is 0 Å². The second-order valence-electron chi connectivity index (χ2n) is 7.28. The molecule has 1 atom stereocenters. The molecular formula is C20H25N2NaO6. The van der Waals surface area contributed by atoms with E-state index in [4.69, 9.17) is 9.84 Å². The van der Waals surface area contributed by atoms with E-state index in [1.165, 1.54) is 17.7 Å². The molecule has 1 aliphatic carbocycles. The van der Waals surface area contributed by atoms with Gasteiger partial charge in [0.15, 0.2) is 0 Å². The fraction of sp³-hybridized carbons (Fsp3) is 0.450. The first kappa shape index (κ1) is 23.3. The standard InChI is InChI=1S/C20H24N2O6.Na.H/c1-12-8-16(23)18(19(26)21-9-17(24)25)20(27)22(12)10-13-4-6-15(7-5-13)28-11-14-2-3-14;;/h4-7,12,14,23H,2-3,8-11H2,1H3,(H,21,26)(H,24,25);;/t12-;;/m0../s1. The number of aliphatic hydroxyl groups excluding tert-OH is 1. The fourth-order valence-corrected chi connectivity index (χ4v) is 3.05. The van der Waals surface area contributed by atoms with E-state index >= 15 is 0 Å². The van der Waals surface area contributed by atoms with Crippen LogP contribution in [0.4, 0.5) is 0 Å². The molecule has 1 aromatic carbocycles. The molecular weight excluding hydrogens is 387 g/mol. The number of carboxylic acid groups (broad SMARTS) is 1. The summed E-state index contributed by atoms with van der Waals surface area (Å²) in [6, 6.07) is 7.14. The van der Waals surface area contributed by atoms with Gasteiger partial charge in [-0.2, -0.15) is 0 Å². The topological polar surface area (TPSA) is 116 Å². The van der Waals surface area contributed by atoms with Gasteiger partial charge in [0.1, 0.15) is 23.6 Å². The Morgan fingerprint density at radius 1 is 1.24 bits per heavy atom. The molecule has 0 radical (unpaired) electrons. The van der Waals surface area contributed by atoms with Gasteiger partial charge in [-0.1, -0.05) is 12.1 Å². The molecule has 152 valence electrons. The van der Waals surface area contributed by atoms with Crippen LogP contribution in [0.15, 0.2) is 35.6 Å². The van der Waals surface area contributed by atoms with E-state index < -0.39 is 29.9 Å². The number of hydrogen-bond acceptors (Lipinski definition) is 5. The van der Waals surface area contributed by atoms with Crippen LogP contribution >= 0.6 is 0 Å². The van der Waals surface area contributed by atoms with Crippen LogP contribution in [0.1, 0.15) is 31.7 Å². The number of ether oxygens (including phenoxy) is 1. The Balaban J connectivity index is 0.00000300. The number of aliphatic hydroxyl groups is 1. The molecule has 2 amide bonds. The van der Waals surface area contributed by atoms with E-state index in [0.29, 0.717) is 5.92 Å². The van der Waals surface area contributed by atoms with E-state index in [1.807, 2.05) is 24.3 Å². The molecule has 1 aliphatic heterocycles. The zero-order valence-corrected chi connectivity index (χ0v) is 15.7. The van der Waals surface area contributed by atoms with Crippen LogP contribution in [0, 0.1) is 5.92 Å². The Morgan fingerprint density at radius 3 is 2.48 bits per heavy atom. The van der Waals surface area contributed by atoms with Crippen molar-refractivity contribution in [1.82, 2.24) is 10.2 Å². The first-order valence-corrected chi connectivity index (χ1v) is 9.30. The van der Waals surface area contributed by atoms with Gasteiger partial charge in [0.25, 0.3) is 11.8 Å². The third-order valence-corrected chi connectivity index (χ3v) is 4.87. The number of carbonyl (C=O) groups excluding carboxylic acids is 2. The summed E-state index contributed by atoms with van der Waals surface area (Å²) in [6.07, 6.45) is 2.57. The van der Waals surface area contributed by atoms with Crippen LogP contribution in [0.5, 0.6) is 5.75 Å². The van der Waals surface area contributed by atoms with E-state index in [0.717, 1.165) is 17.9 Å². The Bertz CT molecular complexity index is 804. The van der Waals surface area contributed by atoms with E-state index in [2.05, 4.69) is 5.32 Å². The van der Waals surface area contributed by atoms with Gasteiger partial charge >= 0.3 is 35.5 Å². The molecule has 9 heteroatoms. The predicted molar refractivity (Wildman–Crippen MR) is 107 cm³/mol. The summed E-state index contributed by atoms with van der Waals surface area (Å²) in [6.45, 7) is 2.15. The fourth-order valence-electron chi connectivity index (χ4n) is 3.05. The first-order chi connectivity index (χ1) is 13.3. The van der Waals surface area contributed by atoms with Crippen molar-refractivity contribution in [2.24, 2.45) is 5.92 Å². The second-order valence-corrected chi connectivity index (χ2v) is 7.28. The number of nitrogens with one attached hydrogen (secondary N) is 1. The molecule has 3 N–H and O–H groups in total. The Hall–Kier alpha value is -2.03. The molecule has 1 heterocycles. The zero-order chi connectivity index (χ0) is 20.3. The van der Waals surface area contributed by atoms with Crippen LogP contribution < -0.4 is 10.1 Å². The molecule has 8 nitrogen and oxygen atoms in total. The summed E-state index contributed by atoms with van der Waals surface area (Å²) in [5.74, 6) is -1.61. The minimum absolute atomic E-state index is 0. The van der Waals surface area contributed by atoms with Crippen molar-refractivity contribution in [3.63, 3.8) is 0 Å². The zero-order valence-electron chi connectivity index (χ0n) is 15.7. The molecule has 3 rings (SSSR count). The third kappa shape index (κ3) is 6.22. The van der Waals surface area contributed by atoms with Gasteiger partial charge in [-0.3, -0.25) is 14.4 Å². The van der Waals surface area contributed by atoms with E-state index in [9.17, 15) is 19.5 Å². The Kier molecular flexibility index (Phi) is 8.13. The molecule has 1 aromatic rings. The van der Waals surface area contributed by atoms with Gasteiger partial charge in [-0.05, 0) is 43.4 Å². The van der Waals surface area contributed by atoms with Crippen LogP contribution in [0.2, 0.25) is 0 Å². The van der Waals surface area contributed by atoms with Crippen LogP contribution in [0.25, 0.3) is 0 Å². The first-order valence-electron chi connectivity index (χ1n) is 9.30. The molecule has 0 spiro atoms. The average molecular weight is 412 g/mol. The monoisotopic (exact) mass is 412 g/mol. The number of nitrogens with zero attached hydrogens (tertiary/aromatic N) is 1. The third-order valence-electron chi connectivity index (χ3n) is 4.87. The Morgan fingerprint density at radius 2 is 1.90 bits per heavy atom. The molecule has 29 heavy (non-hydrogen) atoms.